The summed E-state index contributed by atoms with van der Waals surface area (Å²) in [7, 11) is 1.50. The summed E-state index contributed by atoms with van der Waals surface area (Å²) in [6.45, 7) is 10.6. The molecule has 0 saturated heterocycles. The molecule has 5 heteroatoms. The first-order chi connectivity index (χ1) is 11.3. The highest BCUT2D eigenvalue weighted by Crippen LogP contribution is 2.47. The lowest BCUT2D eigenvalue weighted by Crippen LogP contribution is -2.24. The van der Waals surface area contributed by atoms with Gasteiger partial charge in [-0.1, -0.05) is 12.7 Å². The zero-order chi connectivity index (χ0) is 18.0. The predicted octanol–water partition coefficient (Wildman–Crippen LogP) is 3.79. The molecule has 0 amide bonds. The molecule has 128 valence electrons. The van der Waals surface area contributed by atoms with E-state index in [0.717, 1.165) is 0 Å². The molecule has 2 atom stereocenters. The number of allylic oxidation sites excluding steroid dienone is 1. The molecule has 0 aliphatic carbocycles. The van der Waals surface area contributed by atoms with Crippen molar-refractivity contribution in [3.63, 3.8) is 0 Å². The minimum absolute atomic E-state index is 0.107. The van der Waals surface area contributed by atoms with Gasteiger partial charge in [0.1, 0.15) is 0 Å². The smallest absolute Gasteiger partial charge is 0.334 e. The predicted molar refractivity (Wildman–Crippen MR) is 90.5 cm³/mol. The van der Waals surface area contributed by atoms with E-state index in [4.69, 9.17) is 14.2 Å². The highest BCUT2D eigenvalue weighted by molar-refractivity contribution is 5.95. The number of fused-ring (bicyclic) bond motifs is 1. The van der Waals surface area contributed by atoms with Gasteiger partial charge in [0.05, 0.1) is 7.11 Å². The van der Waals surface area contributed by atoms with Gasteiger partial charge < -0.3 is 14.2 Å². The maximum absolute atomic E-state index is 12.2. The fourth-order valence-electron chi connectivity index (χ4n) is 2.48. The van der Waals surface area contributed by atoms with E-state index in [1.165, 1.54) is 14.0 Å². The standard InChI is InChI=1S/C19H22O5/c1-7-11(4)19(21)24-18-14-8-13(12(5)20)9-15(22-6)17(14)23-16(18)10(2)3/h7-9,16,18H,2H2,1,3-6H3. The van der Waals surface area contributed by atoms with Crippen molar-refractivity contribution in [2.24, 2.45) is 0 Å². The molecule has 5 nitrogen and oxygen atoms in total. The van der Waals surface area contributed by atoms with E-state index in [0.29, 0.717) is 33.8 Å². The summed E-state index contributed by atoms with van der Waals surface area (Å²) in [4.78, 5) is 24.0. The van der Waals surface area contributed by atoms with Gasteiger partial charge in [0.2, 0.25) is 0 Å². The molecular formula is C19H22O5. The van der Waals surface area contributed by atoms with Gasteiger partial charge in [0.25, 0.3) is 0 Å². The maximum atomic E-state index is 12.2. The van der Waals surface area contributed by atoms with Crippen LogP contribution in [0, 0.1) is 0 Å². The number of methoxy groups -OCH3 is 1. The zero-order valence-electron chi connectivity index (χ0n) is 14.6. The van der Waals surface area contributed by atoms with E-state index in [1.54, 1.807) is 39.0 Å². The maximum Gasteiger partial charge on any atom is 0.334 e. The van der Waals surface area contributed by atoms with Crippen LogP contribution in [0.4, 0.5) is 0 Å². The Morgan fingerprint density at radius 2 is 1.92 bits per heavy atom. The topological polar surface area (TPSA) is 61.8 Å². The van der Waals surface area contributed by atoms with Crippen molar-refractivity contribution in [1.29, 1.82) is 0 Å². The Bertz CT molecular complexity index is 730. The van der Waals surface area contributed by atoms with Crippen LogP contribution in [0.25, 0.3) is 0 Å². The fraction of sp³-hybridized carbons (Fsp3) is 0.368. The second-order valence-corrected chi connectivity index (χ2v) is 5.84. The molecule has 0 fully saturated rings. The summed E-state index contributed by atoms with van der Waals surface area (Å²) in [6, 6.07) is 3.31. The van der Waals surface area contributed by atoms with Crippen LogP contribution in [0.2, 0.25) is 0 Å². The molecule has 1 aliphatic heterocycles. The molecular weight excluding hydrogens is 308 g/mol. The number of esters is 1. The molecule has 0 spiro atoms. The summed E-state index contributed by atoms with van der Waals surface area (Å²) in [5.74, 6) is 0.374. The number of hydrogen-bond acceptors (Lipinski definition) is 5. The average Bonchev–Trinajstić information content (AvgIpc) is 2.91. The lowest BCUT2D eigenvalue weighted by Gasteiger charge is -2.19. The first kappa shape index (κ1) is 17.8. The number of carbonyl (C=O) groups excluding carboxylic acids is 2. The Hall–Kier alpha value is -2.56. The molecule has 0 N–H and O–H groups in total. The van der Waals surface area contributed by atoms with Crippen molar-refractivity contribution in [3.05, 3.63) is 47.1 Å². The van der Waals surface area contributed by atoms with Gasteiger partial charge in [0, 0.05) is 16.7 Å². The average molecular weight is 330 g/mol. The van der Waals surface area contributed by atoms with Gasteiger partial charge in [0.15, 0.2) is 29.5 Å². The summed E-state index contributed by atoms with van der Waals surface area (Å²) < 4.78 is 16.9. The van der Waals surface area contributed by atoms with E-state index in [2.05, 4.69) is 6.58 Å². The SMILES string of the molecule is C=C(C)C1Oc2c(OC)cc(C(C)=O)cc2C1OC(=O)C(C)=CC. The molecule has 0 saturated carbocycles. The van der Waals surface area contributed by atoms with E-state index < -0.39 is 18.2 Å². The van der Waals surface area contributed by atoms with Crippen LogP contribution >= 0.6 is 0 Å². The number of carbonyl (C=O) groups is 2. The van der Waals surface area contributed by atoms with E-state index >= 15 is 0 Å². The first-order valence-corrected chi connectivity index (χ1v) is 7.69. The lowest BCUT2D eigenvalue weighted by atomic mass is 9.99. The van der Waals surface area contributed by atoms with Crippen LogP contribution in [0.15, 0.2) is 35.9 Å². The summed E-state index contributed by atoms with van der Waals surface area (Å²) >= 11 is 0. The summed E-state index contributed by atoms with van der Waals surface area (Å²) in [5, 5.41) is 0. The largest absolute Gasteiger partial charge is 0.493 e. The Kier molecular flexibility index (Phi) is 5.12. The van der Waals surface area contributed by atoms with Gasteiger partial charge in [-0.05, 0) is 45.4 Å². The van der Waals surface area contributed by atoms with Crippen LogP contribution < -0.4 is 9.47 Å². The third-order valence-electron chi connectivity index (χ3n) is 4.01. The molecule has 2 unspecified atom stereocenters. The third-order valence-corrected chi connectivity index (χ3v) is 4.01. The van der Waals surface area contributed by atoms with E-state index in [-0.39, 0.29) is 5.78 Å². The van der Waals surface area contributed by atoms with Crippen LogP contribution in [-0.4, -0.2) is 25.0 Å². The second-order valence-electron chi connectivity index (χ2n) is 5.84. The number of Topliss-reactive ketones (excluding diaryl/α,β-unsaturated/α-hetero) is 1. The Morgan fingerprint density at radius 1 is 1.25 bits per heavy atom. The highest BCUT2D eigenvalue weighted by atomic mass is 16.6. The molecule has 1 aliphatic rings. The van der Waals surface area contributed by atoms with Gasteiger partial charge in [-0.2, -0.15) is 0 Å². The summed E-state index contributed by atoms with van der Waals surface area (Å²) in [5.41, 5.74) is 2.30. The van der Waals surface area contributed by atoms with E-state index in [9.17, 15) is 9.59 Å². The van der Waals surface area contributed by atoms with Gasteiger partial charge >= 0.3 is 5.97 Å². The van der Waals surface area contributed by atoms with Crippen molar-refractivity contribution >= 4 is 11.8 Å². The summed E-state index contributed by atoms with van der Waals surface area (Å²) in [6.07, 6.45) is 0.485. The molecule has 1 aromatic carbocycles. The van der Waals surface area contributed by atoms with Crippen LogP contribution in [-0.2, 0) is 9.53 Å². The molecule has 0 radical (unpaired) electrons. The highest BCUT2D eigenvalue weighted by Gasteiger charge is 2.40. The zero-order valence-corrected chi connectivity index (χ0v) is 14.6. The van der Waals surface area contributed by atoms with Crippen molar-refractivity contribution in [3.8, 4) is 11.5 Å². The van der Waals surface area contributed by atoms with Crippen molar-refractivity contribution < 1.29 is 23.8 Å². The molecule has 24 heavy (non-hydrogen) atoms. The third kappa shape index (κ3) is 3.20. The normalized spacial score (nSPS) is 19.3. The Balaban J connectivity index is 2.53. The number of ketones is 1. The minimum atomic E-state index is -0.673. The molecule has 0 aromatic heterocycles. The number of hydrogen-bond donors (Lipinski definition) is 0. The monoisotopic (exact) mass is 330 g/mol. The minimum Gasteiger partial charge on any atom is -0.493 e. The van der Waals surface area contributed by atoms with Crippen molar-refractivity contribution in [1.82, 2.24) is 0 Å². The van der Waals surface area contributed by atoms with Gasteiger partial charge in [-0.3, -0.25) is 4.79 Å². The second kappa shape index (κ2) is 6.91. The fourth-order valence-corrected chi connectivity index (χ4v) is 2.48. The molecule has 0 bridgehead atoms. The molecule has 1 heterocycles. The van der Waals surface area contributed by atoms with Crippen molar-refractivity contribution in [2.75, 3.05) is 7.11 Å². The molecule has 2 rings (SSSR count). The van der Waals surface area contributed by atoms with Crippen LogP contribution in [0.5, 0.6) is 11.5 Å². The van der Waals surface area contributed by atoms with Crippen LogP contribution in [0.3, 0.4) is 0 Å². The van der Waals surface area contributed by atoms with Crippen molar-refractivity contribution in [2.45, 2.75) is 39.9 Å². The molecule has 1 aromatic rings. The van der Waals surface area contributed by atoms with Gasteiger partial charge in [-0.25, -0.2) is 4.79 Å². The lowest BCUT2D eigenvalue weighted by molar-refractivity contribution is -0.146. The van der Waals surface area contributed by atoms with Gasteiger partial charge in [-0.15, -0.1) is 0 Å². The Labute approximate surface area is 141 Å². The number of rotatable bonds is 5. The van der Waals surface area contributed by atoms with E-state index in [1.807, 2.05) is 0 Å². The Morgan fingerprint density at radius 3 is 2.42 bits per heavy atom. The number of benzene rings is 1. The van der Waals surface area contributed by atoms with Crippen LogP contribution in [0.1, 0.15) is 49.7 Å². The number of ether oxygens (including phenoxy) is 3. The first-order valence-electron chi connectivity index (χ1n) is 7.69. The quantitative estimate of drug-likeness (QED) is 0.356.